The Labute approximate surface area is 136 Å². The van der Waals surface area contributed by atoms with Gasteiger partial charge < -0.3 is 15.7 Å². The van der Waals surface area contributed by atoms with Crippen LogP contribution in [-0.4, -0.2) is 29.3 Å². The molecule has 3 rings (SSSR count). The Bertz CT molecular complexity index is 630. The topological polar surface area (TPSA) is 61.4 Å². The van der Waals surface area contributed by atoms with Crippen molar-refractivity contribution in [3.63, 3.8) is 0 Å². The number of carbonyl (C=O) groups is 1. The Morgan fingerprint density at radius 3 is 2.04 bits per heavy atom. The van der Waals surface area contributed by atoms with E-state index in [-0.39, 0.29) is 18.1 Å². The molecule has 0 radical (unpaired) electrons. The Morgan fingerprint density at radius 2 is 1.39 bits per heavy atom. The monoisotopic (exact) mass is 310 g/mol. The number of urea groups is 1. The van der Waals surface area contributed by atoms with Gasteiger partial charge in [-0.1, -0.05) is 60.7 Å². The van der Waals surface area contributed by atoms with Crippen molar-refractivity contribution in [3.8, 4) is 0 Å². The maximum absolute atomic E-state index is 11.9. The predicted octanol–water partition coefficient (Wildman–Crippen LogP) is 2.27. The maximum Gasteiger partial charge on any atom is 0.315 e. The summed E-state index contributed by atoms with van der Waals surface area (Å²) in [5, 5.41) is 16.3. The second-order valence-electron chi connectivity index (χ2n) is 6.04. The zero-order chi connectivity index (χ0) is 16.1. The fourth-order valence-corrected chi connectivity index (χ4v) is 3.08. The molecule has 3 atom stereocenters. The van der Waals surface area contributed by atoms with Crippen LogP contribution in [0.2, 0.25) is 0 Å². The molecule has 3 N–H and O–H groups in total. The lowest BCUT2D eigenvalue weighted by molar-refractivity contribution is 0.0715. The van der Waals surface area contributed by atoms with Crippen molar-refractivity contribution in [2.75, 3.05) is 0 Å². The molecule has 2 aromatic rings. The second kappa shape index (κ2) is 7.29. The molecule has 4 heteroatoms. The number of nitrogens with one attached hydrogen (secondary N) is 2. The van der Waals surface area contributed by atoms with Crippen LogP contribution >= 0.6 is 0 Å². The lowest BCUT2D eigenvalue weighted by Gasteiger charge is -2.36. The summed E-state index contributed by atoms with van der Waals surface area (Å²) in [5.74, 6) is 0. The number of benzene rings is 2. The molecule has 0 aliphatic carbocycles. The number of aliphatic hydroxyl groups is 1. The first-order valence-corrected chi connectivity index (χ1v) is 8.05. The van der Waals surface area contributed by atoms with Gasteiger partial charge in [0, 0.05) is 0 Å². The number of amides is 2. The van der Waals surface area contributed by atoms with E-state index in [2.05, 4.69) is 22.8 Å². The van der Waals surface area contributed by atoms with Crippen LogP contribution in [0.3, 0.4) is 0 Å². The van der Waals surface area contributed by atoms with Crippen LogP contribution in [0.1, 0.15) is 17.5 Å². The Hall–Kier alpha value is -2.33. The minimum absolute atomic E-state index is 0.200. The zero-order valence-electron chi connectivity index (χ0n) is 13.0. The minimum atomic E-state index is -0.600. The molecule has 2 amide bonds. The van der Waals surface area contributed by atoms with Gasteiger partial charge in [-0.2, -0.15) is 0 Å². The van der Waals surface area contributed by atoms with Gasteiger partial charge in [-0.05, 0) is 30.4 Å². The molecule has 120 valence electrons. The Balaban J connectivity index is 1.63. The van der Waals surface area contributed by atoms with E-state index in [0.717, 1.165) is 18.4 Å². The van der Waals surface area contributed by atoms with Gasteiger partial charge in [0.05, 0.1) is 18.2 Å². The largest absolute Gasteiger partial charge is 0.389 e. The Morgan fingerprint density at radius 1 is 0.826 bits per heavy atom. The number of rotatable bonds is 5. The first-order chi connectivity index (χ1) is 11.2. The molecule has 1 aliphatic rings. The number of hydrogen-bond donors (Lipinski definition) is 3. The molecule has 4 nitrogen and oxygen atoms in total. The van der Waals surface area contributed by atoms with Crippen LogP contribution in [0.4, 0.5) is 4.79 Å². The van der Waals surface area contributed by atoms with Gasteiger partial charge in [-0.15, -0.1) is 0 Å². The molecule has 0 saturated carbocycles. The third-order valence-corrected chi connectivity index (χ3v) is 4.34. The molecule has 0 bridgehead atoms. The third-order valence-electron chi connectivity index (χ3n) is 4.34. The van der Waals surface area contributed by atoms with Gasteiger partial charge in [-0.3, -0.25) is 0 Å². The van der Waals surface area contributed by atoms with Crippen LogP contribution in [-0.2, 0) is 12.8 Å². The number of aryl methyl sites for hydroxylation is 1. The van der Waals surface area contributed by atoms with E-state index in [4.69, 9.17) is 0 Å². The van der Waals surface area contributed by atoms with Crippen molar-refractivity contribution in [3.05, 3.63) is 71.8 Å². The van der Waals surface area contributed by atoms with Crippen molar-refractivity contribution in [1.29, 1.82) is 0 Å². The molecule has 1 heterocycles. The van der Waals surface area contributed by atoms with Crippen molar-refractivity contribution in [1.82, 2.24) is 10.6 Å². The second-order valence-corrected chi connectivity index (χ2v) is 6.04. The third kappa shape index (κ3) is 4.11. The number of aliphatic hydroxyl groups excluding tert-OH is 1. The van der Waals surface area contributed by atoms with E-state index in [1.54, 1.807) is 0 Å². The van der Waals surface area contributed by atoms with E-state index in [1.165, 1.54) is 5.56 Å². The SMILES string of the molecule is O=C1N[C@H](CCc2ccccc2)[C@@H](O)[C@@H](Cc2ccccc2)N1. The number of carbonyl (C=O) groups excluding carboxylic acids is 1. The molecule has 0 aromatic heterocycles. The summed E-state index contributed by atoms with van der Waals surface area (Å²) in [6, 6.07) is 19.4. The van der Waals surface area contributed by atoms with E-state index < -0.39 is 6.10 Å². The van der Waals surface area contributed by atoms with Gasteiger partial charge in [0.1, 0.15) is 0 Å². The van der Waals surface area contributed by atoms with Crippen LogP contribution in [0, 0.1) is 0 Å². The fraction of sp³-hybridized carbons (Fsp3) is 0.316. The lowest BCUT2D eigenvalue weighted by atomic mass is 9.91. The number of hydrogen-bond acceptors (Lipinski definition) is 2. The van der Waals surface area contributed by atoms with Gasteiger partial charge in [0.15, 0.2) is 0 Å². The highest BCUT2D eigenvalue weighted by atomic mass is 16.3. The molecule has 2 aromatic carbocycles. The molecule has 1 fully saturated rings. The summed E-state index contributed by atoms with van der Waals surface area (Å²) in [6.07, 6.45) is 1.60. The van der Waals surface area contributed by atoms with E-state index in [9.17, 15) is 9.90 Å². The molecule has 1 saturated heterocycles. The highest BCUT2D eigenvalue weighted by molar-refractivity contribution is 5.76. The summed E-state index contributed by atoms with van der Waals surface area (Å²) in [5.41, 5.74) is 2.33. The van der Waals surface area contributed by atoms with Crippen molar-refractivity contribution < 1.29 is 9.90 Å². The minimum Gasteiger partial charge on any atom is -0.389 e. The average Bonchev–Trinajstić information content (AvgIpc) is 2.58. The predicted molar refractivity (Wildman–Crippen MR) is 90.2 cm³/mol. The van der Waals surface area contributed by atoms with Gasteiger partial charge in [0.25, 0.3) is 0 Å². The average molecular weight is 310 g/mol. The summed E-state index contributed by atoms with van der Waals surface area (Å²) in [4.78, 5) is 11.9. The van der Waals surface area contributed by atoms with Gasteiger partial charge in [0.2, 0.25) is 0 Å². The van der Waals surface area contributed by atoms with Crippen LogP contribution < -0.4 is 10.6 Å². The summed E-state index contributed by atoms with van der Waals surface area (Å²) < 4.78 is 0. The molecular formula is C19H22N2O2. The van der Waals surface area contributed by atoms with Crippen molar-refractivity contribution in [2.45, 2.75) is 37.5 Å². The first-order valence-electron chi connectivity index (χ1n) is 8.05. The maximum atomic E-state index is 11.9. The van der Waals surface area contributed by atoms with Crippen LogP contribution in [0.25, 0.3) is 0 Å². The molecule has 1 aliphatic heterocycles. The van der Waals surface area contributed by atoms with Crippen molar-refractivity contribution in [2.24, 2.45) is 0 Å². The van der Waals surface area contributed by atoms with Gasteiger partial charge in [-0.25, -0.2) is 4.79 Å². The fourth-order valence-electron chi connectivity index (χ4n) is 3.08. The quantitative estimate of drug-likeness (QED) is 0.793. The summed E-state index contributed by atoms with van der Waals surface area (Å²) in [6.45, 7) is 0. The Kier molecular flexibility index (Phi) is 4.93. The highest BCUT2D eigenvalue weighted by Gasteiger charge is 2.34. The molecule has 0 spiro atoms. The van der Waals surface area contributed by atoms with Crippen LogP contribution in [0.5, 0.6) is 0 Å². The van der Waals surface area contributed by atoms with E-state index in [0.29, 0.717) is 6.42 Å². The lowest BCUT2D eigenvalue weighted by Crippen LogP contribution is -2.63. The summed E-state index contributed by atoms with van der Waals surface area (Å²) in [7, 11) is 0. The van der Waals surface area contributed by atoms with E-state index in [1.807, 2.05) is 48.5 Å². The zero-order valence-corrected chi connectivity index (χ0v) is 13.0. The van der Waals surface area contributed by atoms with Gasteiger partial charge >= 0.3 is 6.03 Å². The van der Waals surface area contributed by atoms with Crippen LogP contribution in [0.15, 0.2) is 60.7 Å². The highest BCUT2D eigenvalue weighted by Crippen LogP contribution is 2.16. The molecular weight excluding hydrogens is 288 g/mol. The summed E-state index contributed by atoms with van der Waals surface area (Å²) >= 11 is 0. The standard InChI is InChI=1S/C19H22N2O2/c22-18-16(12-11-14-7-3-1-4-8-14)20-19(23)21-17(18)13-15-9-5-2-6-10-15/h1-10,16-18,22H,11-13H2,(H2,20,21,23)/t16-,17-,18-/m1/s1. The normalized spacial score (nSPS) is 23.9. The van der Waals surface area contributed by atoms with E-state index >= 15 is 0 Å². The first kappa shape index (κ1) is 15.6. The van der Waals surface area contributed by atoms with Crippen molar-refractivity contribution >= 4 is 6.03 Å². The molecule has 23 heavy (non-hydrogen) atoms. The smallest absolute Gasteiger partial charge is 0.315 e. The molecule has 0 unspecified atom stereocenters.